The van der Waals surface area contributed by atoms with Gasteiger partial charge in [-0.15, -0.1) is 0 Å². The van der Waals surface area contributed by atoms with Crippen LogP contribution in [-0.2, 0) is 4.79 Å². The number of ether oxygens (including phenoxy) is 1. The van der Waals surface area contributed by atoms with Gasteiger partial charge >= 0.3 is 0 Å². The summed E-state index contributed by atoms with van der Waals surface area (Å²) in [6.45, 7) is 2.06. The minimum atomic E-state index is -0.425. The molecule has 1 amide bonds. The number of nitrogens with one attached hydrogen (secondary N) is 2. The van der Waals surface area contributed by atoms with Gasteiger partial charge in [-0.2, -0.15) is 0 Å². The second-order valence-electron chi connectivity index (χ2n) is 7.06. The van der Waals surface area contributed by atoms with Crippen LogP contribution in [0.5, 0.6) is 5.75 Å². The van der Waals surface area contributed by atoms with Gasteiger partial charge in [0.05, 0.1) is 7.11 Å². The Morgan fingerprint density at radius 1 is 1.00 bits per heavy atom. The number of aryl methyl sites for hydroxylation is 1. The molecular weight excluding hydrogens is 324 g/mol. The fourth-order valence-corrected chi connectivity index (χ4v) is 3.44. The molecule has 1 aliphatic carbocycles. The number of anilines is 1. The van der Waals surface area contributed by atoms with Crippen LogP contribution in [0.25, 0.3) is 0 Å². The number of amides is 1. The Morgan fingerprint density at radius 2 is 1.65 bits per heavy atom. The minimum Gasteiger partial charge on any atom is -0.497 e. The van der Waals surface area contributed by atoms with Gasteiger partial charge in [0.1, 0.15) is 11.8 Å². The molecule has 0 unspecified atom stereocenters. The van der Waals surface area contributed by atoms with Gasteiger partial charge in [0, 0.05) is 11.7 Å². The van der Waals surface area contributed by atoms with Crippen LogP contribution in [0.2, 0.25) is 0 Å². The van der Waals surface area contributed by atoms with Crippen molar-refractivity contribution in [3.05, 3.63) is 59.7 Å². The molecule has 1 fully saturated rings. The highest BCUT2D eigenvalue weighted by atomic mass is 16.5. The molecule has 138 valence electrons. The molecule has 26 heavy (non-hydrogen) atoms. The van der Waals surface area contributed by atoms with Gasteiger partial charge in [0.25, 0.3) is 0 Å². The summed E-state index contributed by atoms with van der Waals surface area (Å²) >= 11 is 0. The summed E-state index contributed by atoms with van der Waals surface area (Å²) in [6.07, 6.45) is 5.82. The van der Waals surface area contributed by atoms with Crippen molar-refractivity contribution in [1.29, 1.82) is 0 Å². The number of carbonyl (C=O) groups is 1. The maximum atomic E-state index is 13.0. The van der Waals surface area contributed by atoms with Gasteiger partial charge in [0.2, 0.25) is 5.91 Å². The Balaban J connectivity index is 1.79. The molecule has 1 atom stereocenters. The summed E-state index contributed by atoms with van der Waals surface area (Å²) in [5, 5.41) is 6.64. The van der Waals surface area contributed by atoms with E-state index >= 15 is 0 Å². The summed E-state index contributed by atoms with van der Waals surface area (Å²) in [6, 6.07) is 15.7. The minimum absolute atomic E-state index is 0.0302. The van der Waals surface area contributed by atoms with Gasteiger partial charge < -0.3 is 15.4 Å². The molecule has 0 heterocycles. The van der Waals surface area contributed by atoms with Crippen LogP contribution in [0.4, 0.5) is 5.69 Å². The standard InChI is InChI=1S/C22H28N2O2/c1-16-8-12-19(13-9-16)23-21(17-10-14-20(26-2)15-11-17)22(25)24-18-6-4-3-5-7-18/h8-15,18,21,23H,3-7H2,1-2H3,(H,24,25)/t21-/m0/s1. The first kappa shape index (κ1) is 18.3. The maximum absolute atomic E-state index is 13.0. The van der Waals surface area contributed by atoms with Crippen LogP contribution in [-0.4, -0.2) is 19.1 Å². The molecule has 0 spiro atoms. The van der Waals surface area contributed by atoms with E-state index in [2.05, 4.69) is 17.6 Å². The molecule has 4 heteroatoms. The number of rotatable bonds is 6. The zero-order valence-electron chi connectivity index (χ0n) is 15.6. The second kappa shape index (κ2) is 8.75. The molecule has 0 bridgehead atoms. The SMILES string of the molecule is COc1ccc([C@H](Nc2ccc(C)cc2)C(=O)NC2CCCCC2)cc1. The lowest BCUT2D eigenvalue weighted by Gasteiger charge is -2.27. The normalized spacial score (nSPS) is 15.9. The fourth-order valence-electron chi connectivity index (χ4n) is 3.44. The monoisotopic (exact) mass is 352 g/mol. The first-order valence-electron chi connectivity index (χ1n) is 9.43. The lowest BCUT2D eigenvalue weighted by molar-refractivity contribution is -0.122. The highest BCUT2D eigenvalue weighted by Gasteiger charge is 2.24. The van der Waals surface area contributed by atoms with E-state index in [1.165, 1.54) is 24.8 Å². The van der Waals surface area contributed by atoms with Crippen molar-refractivity contribution in [1.82, 2.24) is 5.32 Å². The van der Waals surface area contributed by atoms with E-state index in [1.54, 1.807) is 7.11 Å². The summed E-state index contributed by atoms with van der Waals surface area (Å²) < 4.78 is 5.24. The lowest BCUT2D eigenvalue weighted by Crippen LogP contribution is -2.41. The molecule has 0 aromatic heterocycles. The molecule has 1 aliphatic rings. The molecular formula is C22H28N2O2. The van der Waals surface area contributed by atoms with Gasteiger partial charge in [-0.1, -0.05) is 49.1 Å². The van der Waals surface area contributed by atoms with Crippen molar-refractivity contribution in [3.63, 3.8) is 0 Å². The van der Waals surface area contributed by atoms with E-state index in [0.29, 0.717) is 0 Å². The van der Waals surface area contributed by atoms with Crippen molar-refractivity contribution in [2.75, 3.05) is 12.4 Å². The van der Waals surface area contributed by atoms with Crippen LogP contribution < -0.4 is 15.4 Å². The number of carbonyl (C=O) groups excluding carboxylic acids is 1. The zero-order chi connectivity index (χ0) is 18.4. The predicted molar refractivity (Wildman–Crippen MR) is 106 cm³/mol. The van der Waals surface area contributed by atoms with E-state index in [-0.39, 0.29) is 11.9 Å². The first-order valence-corrected chi connectivity index (χ1v) is 9.43. The van der Waals surface area contributed by atoms with Crippen molar-refractivity contribution in [2.45, 2.75) is 51.1 Å². The van der Waals surface area contributed by atoms with E-state index in [9.17, 15) is 4.79 Å². The van der Waals surface area contributed by atoms with E-state index in [4.69, 9.17) is 4.74 Å². The summed E-state index contributed by atoms with van der Waals surface area (Å²) in [5.74, 6) is 0.818. The van der Waals surface area contributed by atoms with Crippen molar-refractivity contribution < 1.29 is 9.53 Å². The Morgan fingerprint density at radius 3 is 2.27 bits per heavy atom. The Kier molecular flexibility index (Phi) is 6.16. The van der Waals surface area contributed by atoms with Gasteiger partial charge in [0.15, 0.2) is 0 Å². The Hall–Kier alpha value is -2.49. The van der Waals surface area contributed by atoms with E-state index < -0.39 is 6.04 Å². The van der Waals surface area contributed by atoms with Crippen LogP contribution >= 0.6 is 0 Å². The number of hydrogen-bond acceptors (Lipinski definition) is 3. The third kappa shape index (κ3) is 4.78. The third-order valence-corrected chi connectivity index (χ3v) is 5.03. The van der Waals surface area contributed by atoms with Gasteiger partial charge in [-0.25, -0.2) is 0 Å². The maximum Gasteiger partial charge on any atom is 0.247 e. The number of methoxy groups -OCH3 is 1. The predicted octanol–water partition coefficient (Wildman–Crippen LogP) is 4.61. The molecule has 3 rings (SSSR count). The molecule has 0 aliphatic heterocycles. The second-order valence-corrected chi connectivity index (χ2v) is 7.06. The third-order valence-electron chi connectivity index (χ3n) is 5.03. The molecule has 2 aromatic carbocycles. The lowest BCUT2D eigenvalue weighted by atomic mass is 9.95. The quantitative estimate of drug-likeness (QED) is 0.798. The summed E-state index contributed by atoms with van der Waals surface area (Å²) in [5.41, 5.74) is 3.07. The highest BCUT2D eigenvalue weighted by molar-refractivity contribution is 5.86. The number of hydrogen-bond donors (Lipinski definition) is 2. The molecule has 0 radical (unpaired) electrons. The van der Waals surface area contributed by atoms with Crippen LogP contribution in [0, 0.1) is 6.92 Å². The van der Waals surface area contributed by atoms with Crippen LogP contribution in [0.1, 0.15) is 49.3 Å². The first-order chi connectivity index (χ1) is 12.7. The van der Waals surface area contributed by atoms with E-state index in [1.807, 2.05) is 48.5 Å². The Bertz CT molecular complexity index is 704. The van der Waals surface area contributed by atoms with E-state index in [0.717, 1.165) is 29.8 Å². The smallest absolute Gasteiger partial charge is 0.247 e. The zero-order valence-corrected chi connectivity index (χ0v) is 15.6. The fraction of sp³-hybridized carbons (Fsp3) is 0.409. The molecule has 2 N–H and O–H groups in total. The van der Waals surface area contributed by atoms with Crippen molar-refractivity contribution in [2.24, 2.45) is 0 Å². The molecule has 2 aromatic rings. The Labute approximate surface area is 156 Å². The van der Waals surface area contributed by atoms with Gasteiger partial charge in [-0.3, -0.25) is 4.79 Å². The van der Waals surface area contributed by atoms with Crippen molar-refractivity contribution >= 4 is 11.6 Å². The summed E-state index contributed by atoms with van der Waals surface area (Å²) in [7, 11) is 1.65. The average molecular weight is 352 g/mol. The topological polar surface area (TPSA) is 50.4 Å². The average Bonchev–Trinajstić information content (AvgIpc) is 2.68. The molecule has 4 nitrogen and oxygen atoms in total. The largest absolute Gasteiger partial charge is 0.497 e. The van der Waals surface area contributed by atoms with Crippen molar-refractivity contribution in [3.8, 4) is 5.75 Å². The highest BCUT2D eigenvalue weighted by Crippen LogP contribution is 2.24. The molecule has 0 saturated heterocycles. The summed E-state index contributed by atoms with van der Waals surface area (Å²) in [4.78, 5) is 13.0. The van der Waals surface area contributed by atoms with Crippen LogP contribution in [0.15, 0.2) is 48.5 Å². The molecule has 1 saturated carbocycles. The van der Waals surface area contributed by atoms with Crippen LogP contribution in [0.3, 0.4) is 0 Å². The number of benzene rings is 2. The van der Waals surface area contributed by atoms with Gasteiger partial charge in [-0.05, 0) is 49.6 Å².